The van der Waals surface area contributed by atoms with Crippen molar-refractivity contribution in [2.45, 2.75) is 98.2 Å². The molecule has 0 fully saturated rings. The van der Waals surface area contributed by atoms with Crippen molar-refractivity contribution in [1.82, 2.24) is 10.6 Å². The summed E-state index contributed by atoms with van der Waals surface area (Å²) < 4.78 is 10.4. The van der Waals surface area contributed by atoms with Crippen molar-refractivity contribution in [2.75, 3.05) is 6.54 Å². The summed E-state index contributed by atoms with van der Waals surface area (Å²) in [7, 11) is 0. The van der Waals surface area contributed by atoms with Crippen LogP contribution in [0.15, 0.2) is 4.99 Å². The Hall–Kier alpha value is -2.45. The third-order valence-electron chi connectivity index (χ3n) is 3.38. The number of nitrogens with one attached hydrogen (secondary N) is 2. The number of hydrogen-bond acceptors (Lipinski definition) is 6. The van der Waals surface area contributed by atoms with E-state index in [0.29, 0.717) is 19.4 Å². The van der Waals surface area contributed by atoms with Crippen LogP contribution in [0.2, 0.25) is 0 Å². The number of alkyl carbamates (subject to hydrolysis) is 1. The number of rotatable bonds is 9. The summed E-state index contributed by atoms with van der Waals surface area (Å²) in [4.78, 5) is 50.3. The molecule has 0 aliphatic rings. The molecule has 0 bridgehead atoms. The highest BCUT2D eigenvalue weighted by atomic mass is 16.6. The first-order chi connectivity index (χ1) is 13.7. The molecule has 0 aromatic rings. The molecule has 0 aromatic carbocycles. The van der Waals surface area contributed by atoms with E-state index in [4.69, 9.17) is 9.47 Å². The van der Waals surface area contributed by atoms with Gasteiger partial charge in [-0.15, -0.1) is 0 Å². The van der Waals surface area contributed by atoms with Gasteiger partial charge in [0.2, 0.25) is 5.91 Å². The lowest BCUT2D eigenvalue weighted by Crippen LogP contribution is -2.37. The molecule has 2 N–H and O–H groups in total. The van der Waals surface area contributed by atoms with Crippen molar-refractivity contribution < 1.29 is 28.7 Å². The average molecular weight is 428 g/mol. The molecule has 0 saturated heterocycles. The minimum atomic E-state index is -0.786. The van der Waals surface area contributed by atoms with E-state index in [2.05, 4.69) is 15.6 Å². The number of Topliss-reactive ketones (excluding diaryl/α,β-unsaturated/α-hetero) is 1. The molecule has 0 aliphatic carbocycles. The summed E-state index contributed by atoms with van der Waals surface area (Å²) in [6.45, 7) is 12.3. The van der Waals surface area contributed by atoms with Crippen LogP contribution in [-0.2, 0) is 19.1 Å². The maximum atomic E-state index is 12.0. The number of unbranched alkanes of at least 4 members (excludes halogenated alkanes) is 2. The quantitative estimate of drug-likeness (QED) is 0.327. The van der Waals surface area contributed by atoms with Crippen molar-refractivity contribution in [3.63, 3.8) is 0 Å². The van der Waals surface area contributed by atoms with Crippen LogP contribution in [0.5, 0.6) is 0 Å². The van der Waals surface area contributed by atoms with Crippen LogP contribution >= 0.6 is 0 Å². The van der Waals surface area contributed by atoms with Gasteiger partial charge in [-0.25, -0.2) is 9.59 Å². The Balaban J connectivity index is 4.57. The van der Waals surface area contributed by atoms with E-state index in [1.807, 2.05) is 0 Å². The van der Waals surface area contributed by atoms with Gasteiger partial charge in [-0.3, -0.25) is 10.1 Å². The first-order valence-corrected chi connectivity index (χ1v) is 10.2. The van der Waals surface area contributed by atoms with E-state index in [0.717, 1.165) is 12.8 Å². The van der Waals surface area contributed by atoms with Crippen LogP contribution in [0.25, 0.3) is 0 Å². The molecule has 0 heterocycles. The highest BCUT2D eigenvalue weighted by Crippen LogP contribution is 2.10. The zero-order valence-electron chi connectivity index (χ0n) is 19.3. The number of ether oxygens (including phenoxy) is 2. The molecule has 0 aromatic heterocycles. The van der Waals surface area contributed by atoms with Gasteiger partial charge in [0, 0.05) is 25.8 Å². The lowest BCUT2D eigenvalue weighted by atomic mass is 10.1. The number of ketones is 1. The second kappa shape index (κ2) is 13.0. The largest absolute Gasteiger partial charge is 0.444 e. The van der Waals surface area contributed by atoms with E-state index >= 15 is 0 Å². The predicted molar refractivity (Wildman–Crippen MR) is 114 cm³/mol. The Morgan fingerprint density at radius 3 is 1.93 bits per heavy atom. The third-order valence-corrected chi connectivity index (χ3v) is 3.38. The zero-order chi connectivity index (χ0) is 23.4. The van der Waals surface area contributed by atoms with Gasteiger partial charge in [0.1, 0.15) is 22.8 Å². The lowest BCUT2D eigenvalue weighted by molar-refractivity contribution is -0.124. The number of aliphatic imine (C=N–C) groups is 1. The Bertz CT molecular complexity index is 630. The molecular formula is C21H37N3O6. The van der Waals surface area contributed by atoms with Crippen molar-refractivity contribution in [3.05, 3.63) is 0 Å². The van der Waals surface area contributed by atoms with Crippen LogP contribution in [0, 0.1) is 0 Å². The molecule has 0 aliphatic heterocycles. The molecule has 0 spiro atoms. The highest BCUT2D eigenvalue weighted by molar-refractivity contribution is 6.00. The van der Waals surface area contributed by atoms with Gasteiger partial charge in [-0.2, -0.15) is 4.99 Å². The Labute approximate surface area is 179 Å². The van der Waals surface area contributed by atoms with E-state index in [1.165, 1.54) is 6.92 Å². The van der Waals surface area contributed by atoms with Crippen LogP contribution in [0.4, 0.5) is 9.59 Å². The molecule has 0 atom stereocenters. The molecule has 172 valence electrons. The predicted octanol–water partition coefficient (Wildman–Crippen LogP) is 3.89. The summed E-state index contributed by atoms with van der Waals surface area (Å²) in [5.74, 6) is 0.00686. The van der Waals surface area contributed by atoms with Crippen molar-refractivity contribution in [1.29, 1.82) is 0 Å². The Morgan fingerprint density at radius 1 is 0.800 bits per heavy atom. The minimum Gasteiger partial charge on any atom is -0.444 e. The summed E-state index contributed by atoms with van der Waals surface area (Å²) in [5, 5.41) is 5.27. The third kappa shape index (κ3) is 17.6. The summed E-state index contributed by atoms with van der Waals surface area (Å²) in [6, 6.07) is 0. The molecule has 30 heavy (non-hydrogen) atoms. The van der Waals surface area contributed by atoms with E-state index in [-0.39, 0.29) is 30.4 Å². The number of nitrogens with zero attached hydrogens (tertiary/aromatic N) is 1. The van der Waals surface area contributed by atoms with Gasteiger partial charge in [0.25, 0.3) is 0 Å². The fraction of sp³-hybridized carbons (Fsp3) is 0.762. The fourth-order valence-electron chi connectivity index (χ4n) is 2.16. The van der Waals surface area contributed by atoms with Crippen molar-refractivity contribution >= 4 is 29.7 Å². The molecule has 0 saturated carbocycles. The number of amidine groups is 1. The van der Waals surface area contributed by atoms with E-state index in [9.17, 15) is 19.2 Å². The molecular weight excluding hydrogens is 390 g/mol. The van der Waals surface area contributed by atoms with Crippen molar-refractivity contribution in [2.24, 2.45) is 4.99 Å². The van der Waals surface area contributed by atoms with E-state index in [1.54, 1.807) is 41.5 Å². The monoisotopic (exact) mass is 427 g/mol. The van der Waals surface area contributed by atoms with Crippen LogP contribution in [0.3, 0.4) is 0 Å². The smallest absolute Gasteiger partial charge is 0.435 e. The van der Waals surface area contributed by atoms with E-state index < -0.39 is 23.4 Å². The number of carbonyl (C=O) groups excluding carboxylic acids is 4. The molecule has 0 radical (unpaired) electrons. The standard InChI is InChI=1S/C21H37N3O6/c1-15(25)12-13-17(26)22-14-10-8-9-11-16(23-18(27)29-20(2,3)4)24-19(28)30-21(5,6)7/h8-14H2,1-7H3,(H,22,26)(H,23,24,27,28). The van der Waals surface area contributed by atoms with Gasteiger partial charge >= 0.3 is 12.2 Å². The van der Waals surface area contributed by atoms with Crippen LogP contribution in [-0.4, -0.2) is 47.5 Å². The van der Waals surface area contributed by atoms with Crippen LogP contribution < -0.4 is 10.6 Å². The molecule has 9 heteroatoms. The van der Waals surface area contributed by atoms with Gasteiger partial charge in [0.05, 0.1) is 0 Å². The second-order valence-corrected chi connectivity index (χ2v) is 9.03. The average Bonchev–Trinajstić information content (AvgIpc) is 2.52. The van der Waals surface area contributed by atoms with Gasteiger partial charge < -0.3 is 19.6 Å². The van der Waals surface area contributed by atoms with Crippen molar-refractivity contribution in [3.8, 4) is 0 Å². The first kappa shape index (κ1) is 27.5. The normalized spacial score (nSPS) is 12.2. The highest BCUT2D eigenvalue weighted by Gasteiger charge is 2.20. The number of amides is 3. The maximum absolute atomic E-state index is 12.0. The first-order valence-electron chi connectivity index (χ1n) is 10.2. The second-order valence-electron chi connectivity index (χ2n) is 9.03. The number of hydrogen-bond donors (Lipinski definition) is 2. The zero-order valence-corrected chi connectivity index (χ0v) is 19.3. The SMILES string of the molecule is CC(=O)CCC(=O)NCCCCCC(=NC(=O)OC(C)(C)C)NC(=O)OC(C)(C)C. The molecule has 9 nitrogen and oxygen atoms in total. The summed E-state index contributed by atoms with van der Waals surface area (Å²) in [5.41, 5.74) is -1.38. The summed E-state index contributed by atoms with van der Waals surface area (Å²) >= 11 is 0. The Kier molecular flexibility index (Phi) is 11.9. The topological polar surface area (TPSA) is 123 Å². The van der Waals surface area contributed by atoms with Gasteiger partial charge in [0.15, 0.2) is 0 Å². The molecule has 0 unspecified atom stereocenters. The maximum Gasteiger partial charge on any atom is 0.435 e. The fourth-order valence-corrected chi connectivity index (χ4v) is 2.16. The summed E-state index contributed by atoms with van der Waals surface area (Å²) in [6.07, 6.45) is 1.41. The lowest BCUT2D eigenvalue weighted by Gasteiger charge is -2.20. The minimum absolute atomic E-state index is 0.0144. The van der Waals surface area contributed by atoms with Crippen LogP contribution in [0.1, 0.15) is 87.0 Å². The number of carbonyl (C=O) groups is 4. The van der Waals surface area contributed by atoms with Gasteiger partial charge in [-0.1, -0.05) is 6.42 Å². The molecule has 3 amide bonds. The Morgan fingerprint density at radius 2 is 1.40 bits per heavy atom. The molecule has 0 rings (SSSR count). The van der Waals surface area contributed by atoms with Gasteiger partial charge in [-0.05, 0) is 61.3 Å².